The molecule has 6 heterocycles. The summed E-state index contributed by atoms with van der Waals surface area (Å²) in [6.07, 6.45) is 0. The molecule has 0 bridgehead atoms. The second-order valence-corrected chi connectivity index (χ2v) is 21.5. The summed E-state index contributed by atoms with van der Waals surface area (Å²) in [5.74, 6) is 0. The molecular formula is C60H34N2O3S. The van der Waals surface area contributed by atoms with Crippen LogP contribution in [0.15, 0.2) is 235 Å². The molecule has 0 N–H and O–H groups in total. The van der Waals surface area contributed by atoms with Gasteiger partial charge in [-0.2, -0.15) is 0 Å². The third-order valence-corrected chi connectivity index (χ3v) is 19.6. The van der Waals surface area contributed by atoms with E-state index in [1.807, 2.05) is 24.3 Å². The second kappa shape index (κ2) is 11.8. The molecule has 10 aromatic carbocycles. The molecule has 0 radical (unpaired) electrons. The highest BCUT2D eigenvalue weighted by Gasteiger charge is 2.58. The zero-order valence-corrected chi connectivity index (χ0v) is 36.0. The number of rotatable bonds is 2. The highest BCUT2D eigenvalue weighted by atomic mass is 32.3. The lowest BCUT2D eigenvalue weighted by atomic mass is 10.0. The predicted molar refractivity (Wildman–Crippen MR) is 268 cm³/mol. The van der Waals surface area contributed by atoms with Gasteiger partial charge in [-0.1, -0.05) is 121 Å². The average Bonchev–Trinajstić information content (AvgIpc) is 4.19. The number of benzene rings is 10. The van der Waals surface area contributed by atoms with Crippen LogP contribution in [0.3, 0.4) is 0 Å². The van der Waals surface area contributed by atoms with Gasteiger partial charge in [0, 0.05) is 82.9 Å². The van der Waals surface area contributed by atoms with Crippen molar-refractivity contribution in [2.75, 3.05) is 0 Å². The summed E-state index contributed by atoms with van der Waals surface area (Å²) in [6, 6.07) is 72.6. The molecule has 6 heteroatoms. The van der Waals surface area contributed by atoms with E-state index < -0.39 is 9.07 Å². The first-order valence-corrected chi connectivity index (χ1v) is 24.4. The van der Waals surface area contributed by atoms with Crippen molar-refractivity contribution in [3.63, 3.8) is 0 Å². The maximum absolute atomic E-state index is 18.3. The summed E-state index contributed by atoms with van der Waals surface area (Å²) < 4.78 is 36.1. The molecule has 5 nitrogen and oxygen atoms in total. The molecule has 0 saturated carbocycles. The lowest BCUT2D eigenvalue weighted by Crippen LogP contribution is -2.30. The van der Waals surface area contributed by atoms with Crippen LogP contribution in [-0.2, 0) is 9.07 Å². The molecule has 2 aliphatic heterocycles. The van der Waals surface area contributed by atoms with E-state index in [2.05, 4.69) is 191 Å². The topological polar surface area (TPSA) is 53.2 Å². The lowest BCUT2D eigenvalue weighted by molar-refractivity contribution is 0.658. The van der Waals surface area contributed by atoms with Gasteiger partial charge >= 0.3 is 0 Å². The molecule has 16 rings (SSSR count). The van der Waals surface area contributed by atoms with Crippen LogP contribution in [0.25, 0.3) is 121 Å². The average molecular weight is 863 g/mol. The van der Waals surface area contributed by atoms with Crippen LogP contribution in [0.2, 0.25) is 0 Å². The van der Waals surface area contributed by atoms with Crippen LogP contribution in [0, 0.1) is 0 Å². The number of nitrogens with zero attached hydrogens (tertiary/aromatic N) is 2. The zero-order chi connectivity index (χ0) is 43.1. The van der Waals surface area contributed by atoms with E-state index >= 15 is 4.21 Å². The molecule has 1 spiro atoms. The molecule has 4 aromatic heterocycles. The minimum atomic E-state index is -4.31. The third kappa shape index (κ3) is 3.91. The fraction of sp³-hybridized carbons (Fsp3) is 0. The van der Waals surface area contributed by atoms with Crippen LogP contribution in [0.4, 0.5) is 0 Å². The van der Waals surface area contributed by atoms with Gasteiger partial charge in [0.05, 0.1) is 33.4 Å². The standard InChI is InChI=1S/C60H34N2O3S/c63-66(55-27-11-5-19-39(55)40-20-6-12-28-56(40)66)57-29-13-23-47(61-45-21-7-1-15-35(45)41-33-53-43(31-49(41)61)37-17-3-9-25-51(37)64-53)59(57)60-48(24-14-30-58(60)66)62-46-22-8-2-16-36(46)42-34-54-44(32-50(42)62)38-18-4-10-26-52(38)65-54/h1-34H. The van der Waals surface area contributed by atoms with E-state index in [1.165, 1.54) is 0 Å². The van der Waals surface area contributed by atoms with Crippen LogP contribution in [0.1, 0.15) is 0 Å². The van der Waals surface area contributed by atoms with E-state index in [1.54, 1.807) is 0 Å². The summed E-state index contributed by atoms with van der Waals surface area (Å²) in [4.78, 5) is 3.36. The Bertz CT molecular complexity index is 4320. The third-order valence-electron chi connectivity index (χ3n) is 14.8. The van der Waals surface area contributed by atoms with E-state index in [0.717, 1.165) is 141 Å². The van der Waals surface area contributed by atoms with Gasteiger partial charge in [0.15, 0.2) is 0 Å². The minimum absolute atomic E-state index is 0.828. The van der Waals surface area contributed by atoms with E-state index in [4.69, 9.17) is 8.83 Å². The van der Waals surface area contributed by atoms with Crippen molar-refractivity contribution in [2.45, 2.75) is 19.6 Å². The fourth-order valence-corrected chi connectivity index (χ4v) is 17.4. The second-order valence-electron chi connectivity index (χ2n) is 17.9. The SMILES string of the molecule is O=S12(c3ccccc3-c3ccccc31)c1cccc(-n3c4ccccc4c4cc5oc6ccccc6c5cc43)c1-c1c(-n3c4ccccc4c4cc5oc6ccccc6c5cc43)cccc12. The van der Waals surface area contributed by atoms with Gasteiger partial charge in [-0.05, 0) is 96.1 Å². The van der Waals surface area contributed by atoms with Crippen LogP contribution in [0.5, 0.6) is 0 Å². The lowest BCUT2D eigenvalue weighted by Gasteiger charge is -2.38. The van der Waals surface area contributed by atoms with Crippen molar-refractivity contribution in [2.24, 2.45) is 0 Å². The Hall–Kier alpha value is -8.45. The number of hydrogen-bond acceptors (Lipinski definition) is 3. The molecule has 0 saturated heterocycles. The predicted octanol–water partition coefficient (Wildman–Crippen LogP) is 16.0. The maximum Gasteiger partial charge on any atom is 0.136 e. The van der Waals surface area contributed by atoms with Gasteiger partial charge in [0.1, 0.15) is 22.3 Å². The summed E-state index contributed by atoms with van der Waals surface area (Å²) in [5, 5.41) is 8.70. The summed E-state index contributed by atoms with van der Waals surface area (Å²) in [7, 11) is -4.31. The molecule has 14 aromatic rings. The van der Waals surface area contributed by atoms with Gasteiger partial charge in [-0.15, -0.1) is 0 Å². The van der Waals surface area contributed by atoms with Crippen LogP contribution in [-0.4, -0.2) is 13.3 Å². The molecule has 0 unspecified atom stereocenters. The van der Waals surface area contributed by atoms with Crippen LogP contribution >= 0.6 is 0 Å². The first kappa shape index (κ1) is 35.0. The first-order valence-electron chi connectivity index (χ1n) is 22.4. The van der Waals surface area contributed by atoms with Gasteiger partial charge in [-0.3, -0.25) is 4.21 Å². The van der Waals surface area contributed by atoms with Gasteiger partial charge in [0.25, 0.3) is 0 Å². The Morgan fingerprint density at radius 3 is 1.18 bits per heavy atom. The number of aromatic nitrogens is 2. The number of hydrogen-bond donors (Lipinski definition) is 0. The van der Waals surface area contributed by atoms with Crippen molar-refractivity contribution >= 4 is 96.6 Å². The van der Waals surface area contributed by atoms with Crippen molar-refractivity contribution in [3.05, 3.63) is 206 Å². The Balaban J connectivity index is 1.12. The van der Waals surface area contributed by atoms with E-state index in [0.29, 0.717) is 0 Å². The van der Waals surface area contributed by atoms with Crippen molar-refractivity contribution in [1.29, 1.82) is 0 Å². The van der Waals surface area contributed by atoms with Crippen molar-refractivity contribution < 1.29 is 13.0 Å². The molecule has 66 heavy (non-hydrogen) atoms. The minimum Gasteiger partial charge on any atom is -0.456 e. The Kier molecular flexibility index (Phi) is 6.26. The van der Waals surface area contributed by atoms with Gasteiger partial charge in [0.2, 0.25) is 0 Å². The number of para-hydroxylation sites is 4. The molecule has 0 aliphatic carbocycles. The molecular weight excluding hydrogens is 829 g/mol. The normalized spacial score (nSPS) is 15.1. The smallest absolute Gasteiger partial charge is 0.136 e. The summed E-state index contributed by atoms with van der Waals surface area (Å²) >= 11 is 0. The summed E-state index contributed by atoms with van der Waals surface area (Å²) in [5.41, 5.74) is 13.6. The van der Waals surface area contributed by atoms with E-state index in [-0.39, 0.29) is 0 Å². The van der Waals surface area contributed by atoms with E-state index in [9.17, 15) is 0 Å². The molecule has 2 aliphatic rings. The van der Waals surface area contributed by atoms with Crippen molar-refractivity contribution in [1.82, 2.24) is 9.13 Å². The summed E-state index contributed by atoms with van der Waals surface area (Å²) in [6.45, 7) is 0. The number of fused-ring (bicyclic) bond motifs is 22. The van der Waals surface area contributed by atoms with Crippen LogP contribution < -0.4 is 0 Å². The quantitative estimate of drug-likeness (QED) is 0.174. The highest BCUT2D eigenvalue weighted by molar-refractivity contribution is 8.21. The van der Waals surface area contributed by atoms with Crippen molar-refractivity contribution in [3.8, 4) is 33.6 Å². The molecule has 0 amide bonds. The maximum atomic E-state index is 18.3. The fourth-order valence-electron chi connectivity index (χ4n) is 12.2. The monoisotopic (exact) mass is 862 g/mol. The Morgan fingerprint density at radius 1 is 0.303 bits per heavy atom. The largest absolute Gasteiger partial charge is 0.456 e. The molecule has 0 atom stereocenters. The molecule has 308 valence electrons. The number of furan rings is 2. The Morgan fingerprint density at radius 2 is 0.697 bits per heavy atom. The van der Waals surface area contributed by atoms with Gasteiger partial charge < -0.3 is 18.0 Å². The Labute approximate surface area is 376 Å². The first-order chi connectivity index (χ1) is 32.6. The highest BCUT2D eigenvalue weighted by Crippen LogP contribution is 2.72. The van der Waals surface area contributed by atoms with Gasteiger partial charge in [-0.25, -0.2) is 0 Å². The molecule has 0 fully saturated rings. The zero-order valence-electron chi connectivity index (χ0n) is 35.2.